The zero-order chi connectivity index (χ0) is 15.2. The summed E-state index contributed by atoms with van der Waals surface area (Å²) >= 11 is 5.82. The SMILES string of the molecule is COC(=O)CN(Cc1ccccc1)C(=O)c1ccoc1Cl. The van der Waals surface area contributed by atoms with E-state index in [0.29, 0.717) is 0 Å². The van der Waals surface area contributed by atoms with E-state index in [0.717, 1.165) is 5.56 Å². The van der Waals surface area contributed by atoms with Crippen LogP contribution in [0.3, 0.4) is 0 Å². The van der Waals surface area contributed by atoms with Crippen LogP contribution in [-0.2, 0) is 16.1 Å². The van der Waals surface area contributed by atoms with Crippen LogP contribution in [0.1, 0.15) is 15.9 Å². The van der Waals surface area contributed by atoms with E-state index in [1.54, 1.807) is 0 Å². The second-order valence-corrected chi connectivity index (χ2v) is 4.67. The Balaban J connectivity index is 2.21. The maximum atomic E-state index is 12.5. The molecule has 0 saturated carbocycles. The Morgan fingerprint density at radius 1 is 1.24 bits per heavy atom. The minimum Gasteiger partial charge on any atom is -0.468 e. The van der Waals surface area contributed by atoms with E-state index < -0.39 is 5.97 Å². The summed E-state index contributed by atoms with van der Waals surface area (Å²) in [5, 5.41) is 0.00271. The van der Waals surface area contributed by atoms with E-state index in [2.05, 4.69) is 4.74 Å². The van der Waals surface area contributed by atoms with E-state index in [1.165, 1.54) is 24.3 Å². The standard InChI is InChI=1S/C15H14ClNO4/c1-20-13(18)10-17(9-11-5-3-2-4-6-11)15(19)12-7-8-21-14(12)16/h2-8H,9-10H2,1H3. The average Bonchev–Trinajstić information content (AvgIpc) is 2.93. The zero-order valence-corrected chi connectivity index (χ0v) is 12.2. The minimum absolute atomic E-state index is 0.00271. The molecule has 0 unspecified atom stereocenters. The predicted molar refractivity (Wildman–Crippen MR) is 76.9 cm³/mol. The predicted octanol–water partition coefficient (Wildman–Crippen LogP) is 2.75. The Bertz CT molecular complexity index is 624. The molecule has 6 heteroatoms. The van der Waals surface area contributed by atoms with Crippen LogP contribution in [0.4, 0.5) is 0 Å². The summed E-state index contributed by atoms with van der Waals surface area (Å²) in [6.45, 7) is 0.113. The third-order valence-electron chi connectivity index (χ3n) is 2.90. The molecule has 0 fully saturated rings. The molecule has 1 heterocycles. The van der Waals surface area contributed by atoms with Gasteiger partial charge in [-0.25, -0.2) is 0 Å². The van der Waals surface area contributed by atoms with Crippen LogP contribution in [0.15, 0.2) is 47.1 Å². The van der Waals surface area contributed by atoms with Crippen molar-refractivity contribution in [1.29, 1.82) is 0 Å². The molecule has 0 saturated heterocycles. The van der Waals surface area contributed by atoms with Crippen molar-refractivity contribution in [1.82, 2.24) is 4.90 Å². The highest BCUT2D eigenvalue weighted by Crippen LogP contribution is 2.19. The number of hydrogen-bond donors (Lipinski definition) is 0. The number of hydrogen-bond acceptors (Lipinski definition) is 4. The summed E-state index contributed by atoms with van der Waals surface area (Å²) in [5.41, 5.74) is 1.12. The zero-order valence-electron chi connectivity index (χ0n) is 11.4. The maximum Gasteiger partial charge on any atom is 0.325 e. The van der Waals surface area contributed by atoms with Gasteiger partial charge in [0.05, 0.1) is 18.9 Å². The van der Waals surface area contributed by atoms with Crippen molar-refractivity contribution in [3.63, 3.8) is 0 Å². The van der Waals surface area contributed by atoms with Crippen LogP contribution in [0.2, 0.25) is 5.22 Å². The number of furan rings is 1. The van der Waals surface area contributed by atoms with Crippen molar-refractivity contribution in [2.45, 2.75) is 6.54 Å². The van der Waals surface area contributed by atoms with Gasteiger partial charge in [0.15, 0.2) is 0 Å². The minimum atomic E-state index is -0.501. The molecule has 1 aromatic carbocycles. The van der Waals surface area contributed by atoms with Gasteiger partial charge < -0.3 is 14.1 Å². The molecular weight excluding hydrogens is 294 g/mol. The second-order valence-electron chi connectivity index (χ2n) is 4.33. The number of carbonyl (C=O) groups is 2. The molecule has 0 N–H and O–H groups in total. The monoisotopic (exact) mass is 307 g/mol. The number of halogens is 1. The van der Waals surface area contributed by atoms with Crippen LogP contribution in [0.5, 0.6) is 0 Å². The number of esters is 1. The third kappa shape index (κ3) is 3.86. The lowest BCUT2D eigenvalue weighted by atomic mass is 10.2. The van der Waals surface area contributed by atoms with E-state index in [4.69, 9.17) is 16.0 Å². The van der Waals surface area contributed by atoms with Crippen LogP contribution in [-0.4, -0.2) is 30.4 Å². The molecule has 0 spiro atoms. The van der Waals surface area contributed by atoms with Crippen LogP contribution in [0.25, 0.3) is 0 Å². The van der Waals surface area contributed by atoms with Gasteiger partial charge in [-0.2, -0.15) is 0 Å². The summed E-state index contributed by atoms with van der Waals surface area (Å²) in [6, 6.07) is 10.8. The first-order chi connectivity index (χ1) is 10.1. The highest BCUT2D eigenvalue weighted by molar-refractivity contribution is 6.32. The first kappa shape index (κ1) is 15.1. The number of rotatable bonds is 5. The quantitative estimate of drug-likeness (QED) is 0.797. The molecule has 0 aliphatic rings. The number of ether oxygens (including phenoxy) is 1. The van der Waals surface area contributed by atoms with Crippen molar-refractivity contribution in [2.75, 3.05) is 13.7 Å². The first-order valence-electron chi connectivity index (χ1n) is 6.25. The van der Waals surface area contributed by atoms with Crippen molar-refractivity contribution in [3.8, 4) is 0 Å². The van der Waals surface area contributed by atoms with Gasteiger partial charge in [0, 0.05) is 6.54 Å². The number of benzene rings is 1. The molecule has 0 atom stereocenters. The number of methoxy groups -OCH3 is 1. The topological polar surface area (TPSA) is 59.8 Å². The normalized spacial score (nSPS) is 10.2. The molecular formula is C15H14ClNO4. The van der Waals surface area contributed by atoms with Crippen molar-refractivity contribution >= 4 is 23.5 Å². The third-order valence-corrected chi connectivity index (χ3v) is 3.19. The van der Waals surface area contributed by atoms with Crippen LogP contribution in [0, 0.1) is 0 Å². The molecule has 1 aromatic heterocycles. The first-order valence-corrected chi connectivity index (χ1v) is 6.62. The molecule has 1 amide bonds. The molecule has 110 valence electrons. The molecule has 0 aliphatic carbocycles. The fourth-order valence-corrected chi connectivity index (χ4v) is 2.04. The Kier molecular flexibility index (Phi) is 5.00. The molecule has 5 nitrogen and oxygen atoms in total. The van der Waals surface area contributed by atoms with Gasteiger partial charge in [0.2, 0.25) is 5.22 Å². The average molecular weight is 308 g/mol. The smallest absolute Gasteiger partial charge is 0.325 e. The van der Waals surface area contributed by atoms with Crippen LogP contribution < -0.4 is 0 Å². The van der Waals surface area contributed by atoms with E-state index in [-0.39, 0.29) is 29.8 Å². The van der Waals surface area contributed by atoms with Gasteiger partial charge in [-0.05, 0) is 23.2 Å². The number of carbonyl (C=O) groups excluding carboxylic acids is 2. The van der Waals surface area contributed by atoms with Gasteiger partial charge in [0.25, 0.3) is 5.91 Å². The molecule has 0 aliphatic heterocycles. The van der Waals surface area contributed by atoms with E-state index in [9.17, 15) is 9.59 Å². The number of amides is 1. The van der Waals surface area contributed by atoms with Gasteiger partial charge in [-0.15, -0.1) is 0 Å². The Morgan fingerprint density at radius 2 is 1.95 bits per heavy atom. The van der Waals surface area contributed by atoms with E-state index in [1.807, 2.05) is 30.3 Å². The van der Waals surface area contributed by atoms with Gasteiger partial charge in [-0.1, -0.05) is 30.3 Å². The molecule has 21 heavy (non-hydrogen) atoms. The highest BCUT2D eigenvalue weighted by atomic mass is 35.5. The second kappa shape index (κ2) is 6.95. The lowest BCUT2D eigenvalue weighted by Gasteiger charge is -2.21. The Hall–Kier alpha value is -2.27. The van der Waals surface area contributed by atoms with E-state index >= 15 is 0 Å². The molecule has 0 radical (unpaired) electrons. The summed E-state index contributed by atoms with van der Waals surface area (Å²) in [7, 11) is 1.28. The van der Waals surface area contributed by atoms with Gasteiger partial charge >= 0.3 is 5.97 Å². The largest absolute Gasteiger partial charge is 0.468 e. The van der Waals surface area contributed by atoms with Crippen molar-refractivity contribution in [3.05, 3.63) is 59.0 Å². The molecule has 2 rings (SSSR count). The lowest BCUT2D eigenvalue weighted by Crippen LogP contribution is -2.35. The van der Waals surface area contributed by atoms with Gasteiger partial charge in [0.1, 0.15) is 6.54 Å². The fraction of sp³-hybridized carbons (Fsp3) is 0.200. The number of nitrogens with zero attached hydrogens (tertiary/aromatic N) is 1. The molecule has 2 aromatic rings. The molecule has 0 bridgehead atoms. The van der Waals surface area contributed by atoms with Gasteiger partial charge in [-0.3, -0.25) is 9.59 Å². The lowest BCUT2D eigenvalue weighted by molar-refractivity contribution is -0.141. The summed E-state index contributed by atoms with van der Waals surface area (Å²) in [6.07, 6.45) is 1.33. The van der Waals surface area contributed by atoms with Crippen molar-refractivity contribution in [2.24, 2.45) is 0 Å². The summed E-state index contributed by atoms with van der Waals surface area (Å²) in [5.74, 6) is -0.887. The van der Waals surface area contributed by atoms with Crippen LogP contribution >= 0.6 is 11.6 Å². The Morgan fingerprint density at radius 3 is 2.52 bits per heavy atom. The fourth-order valence-electron chi connectivity index (χ4n) is 1.84. The van der Waals surface area contributed by atoms with Crippen molar-refractivity contribution < 1.29 is 18.7 Å². The summed E-state index contributed by atoms with van der Waals surface area (Å²) < 4.78 is 9.55. The highest BCUT2D eigenvalue weighted by Gasteiger charge is 2.23. The summed E-state index contributed by atoms with van der Waals surface area (Å²) in [4.78, 5) is 25.3. The Labute approximate surface area is 127 Å². The maximum absolute atomic E-state index is 12.5.